The number of carboxylic acids is 1. The third kappa shape index (κ3) is 8.42. The fourth-order valence-electron chi connectivity index (χ4n) is 8.41. The van der Waals surface area contributed by atoms with E-state index in [4.69, 9.17) is 15.2 Å². The van der Waals surface area contributed by atoms with Crippen molar-refractivity contribution in [3.05, 3.63) is 35.1 Å². The van der Waals surface area contributed by atoms with E-state index in [2.05, 4.69) is 5.32 Å². The van der Waals surface area contributed by atoms with Gasteiger partial charge in [0.05, 0.1) is 11.0 Å². The molecule has 1 aromatic rings. The van der Waals surface area contributed by atoms with E-state index in [-0.39, 0.29) is 35.9 Å². The molecule has 2 unspecified atom stereocenters. The zero-order valence-corrected chi connectivity index (χ0v) is 30.7. The van der Waals surface area contributed by atoms with Gasteiger partial charge in [-0.1, -0.05) is 44.2 Å². The first-order valence-corrected chi connectivity index (χ1v) is 18.1. The Kier molecular flexibility index (Phi) is 11.9. The van der Waals surface area contributed by atoms with Crippen molar-refractivity contribution in [1.29, 1.82) is 0 Å². The SMILES string of the molecule is CC(NC(=O)OC(C)(C)C)C1CCC(C(=O)N2CC(c3cccc(C(=O)O)c3F)[C@@H](C3CCCCC3)[C@@]2(COC(=O)C(C)(C)C)C(N)=O)CC1. The fraction of sp³-hybridized carbons (Fsp3) is 0.711. The van der Waals surface area contributed by atoms with Gasteiger partial charge in [0.2, 0.25) is 11.8 Å². The van der Waals surface area contributed by atoms with Gasteiger partial charge in [-0.05, 0) is 97.6 Å². The van der Waals surface area contributed by atoms with Crippen LogP contribution in [-0.2, 0) is 23.9 Å². The number of carboxylic acid groups (broad SMARTS) is 1. The molecule has 0 spiro atoms. The zero-order valence-electron chi connectivity index (χ0n) is 30.7. The monoisotopic (exact) mass is 701 g/mol. The number of halogens is 1. The predicted molar refractivity (Wildman–Crippen MR) is 184 cm³/mol. The Hall–Kier alpha value is -3.70. The molecule has 2 saturated carbocycles. The molecule has 12 heteroatoms. The van der Waals surface area contributed by atoms with Crippen LogP contribution >= 0.6 is 0 Å². The Labute approximate surface area is 295 Å². The Morgan fingerprint density at radius 1 is 1.00 bits per heavy atom. The van der Waals surface area contributed by atoms with E-state index in [9.17, 15) is 29.1 Å². The molecule has 1 saturated heterocycles. The standard InChI is InChI=1S/C38H56FN3O8/c1-22(41-35(48)50-37(5,6)7)23-16-18-25(19-17-23)31(43)42-20-28(26-14-11-15-27(30(26)39)32(44)45)29(24-12-9-8-10-13-24)38(42,33(40)46)21-49-34(47)36(2,3)4/h11,14-15,22-25,28-29H,8-10,12-13,16-21H2,1-7H3,(H2,40,46)(H,41,48)(H,44,45)/t22?,23?,25?,28?,29-,38+/m1/s1. The highest BCUT2D eigenvalue weighted by atomic mass is 19.1. The lowest BCUT2D eigenvalue weighted by Crippen LogP contribution is -2.64. The molecule has 1 aliphatic heterocycles. The molecule has 0 aromatic heterocycles. The van der Waals surface area contributed by atoms with Gasteiger partial charge in [0.15, 0.2) is 5.54 Å². The third-order valence-corrected chi connectivity index (χ3v) is 11.0. The number of nitrogens with two attached hydrogens (primary N) is 1. The highest BCUT2D eigenvalue weighted by Crippen LogP contribution is 2.53. The lowest BCUT2D eigenvalue weighted by molar-refractivity contribution is -0.166. The van der Waals surface area contributed by atoms with Crippen molar-refractivity contribution in [2.45, 2.75) is 129 Å². The number of alkyl carbamates (subject to hydrolysis) is 1. The lowest BCUT2D eigenvalue weighted by atomic mass is 9.65. The molecule has 4 N–H and O–H groups in total. The number of likely N-dealkylation sites (tertiary alicyclic amines) is 1. The number of aromatic carboxylic acids is 1. The largest absolute Gasteiger partial charge is 0.478 e. The molecule has 0 bridgehead atoms. The van der Waals surface area contributed by atoms with Crippen molar-refractivity contribution in [1.82, 2.24) is 10.2 Å². The maximum Gasteiger partial charge on any atom is 0.407 e. The molecular weight excluding hydrogens is 645 g/mol. The molecule has 50 heavy (non-hydrogen) atoms. The first kappa shape index (κ1) is 39.1. The molecule has 0 radical (unpaired) electrons. The van der Waals surface area contributed by atoms with Crippen molar-refractivity contribution >= 4 is 29.8 Å². The Bertz CT molecular complexity index is 1440. The van der Waals surface area contributed by atoms with Gasteiger partial charge in [0, 0.05) is 30.3 Å². The molecule has 1 aromatic carbocycles. The minimum absolute atomic E-state index is 0.0769. The summed E-state index contributed by atoms with van der Waals surface area (Å²) in [5, 5.41) is 12.7. The second-order valence-corrected chi connectivity index (χ2v) is 16.7. The van der Waals surface area contributed by atoms with Crippen LogP contribution in [0.15, 0.2) is 18.2 Å². The number of ether oxygens (including phenoxy) is 2. The van der Waals surface area contributed by atoms with E-state index in [0.29, 0.717) is 38.5 Å². The number of carbonyl (C=O) groups is 5. The van der Waals surface area contributed by atoms with Crippen LogP contribution < -0.4 is 11.1 Å². The number of hydrogen-bond acceptors (Lipinski definition) is 7. The van der Waals surface area contributed by atoms with Gasteiger partial charge in [0.1, 0.15) is 18.0 Å². The van der Waals surface area contributed by atoms with Gasteiger partial charge in [-0.2, -0.15) is 0 Å². The van der Waals surface area contributed by atoms with Gasteiger partial charge in [-0.3, -0.25) is 14.4 Å². The van der Waals surface area contributed by atoms with Crippen LogP contribution in [0.4, 0.5) is 9.18 Å². The average molecular weight is 702 g/mol. The summed E-state index contributed by atoms with van der Waals surface area (Å²) in [5.41, 5.74) is 2.62. The third-order valence-electron chi connectivity index (χ3n) is 11.0. The van der Waals surface area contributed by atoms with Crippen molar-refractivity contribution in [2.75, 3.05) is 13.2 Å². The van der Waals surface area contributed by atoms with E-state index in [1.807, 2.05) is 6.92 Å². The van der Waals surface area contributed by atoms with Crippen molar-refractivity contribution in [3.8, 4) is 0 Å². The number of nitrogens with zero attached hydrogens (tertiary/aromatic N) is 1. The smallest absolute Gasteiger partial charge is 0.407 e. The molecule has 1 heterocycles. The van der Waals surface area contributed by atoms with Crippen LogP contribution in [0.5, 0.6) is 0 Å². The summed E-state index contributed by atoms with van der Waals surface area (Å²) >= 11 is 0. The Morgan fingerprint density at radius 2 is 1.62 bits per heavy atom. The van der Waals surface area contributed by atoms with Crippen LogP contribution in [-0.4, -0.2) is 70.2 Å². The van der Waals surface area contributed by atoms with E-state index in [1.54, 1.807) is 41.5 Å². The summed E-state index contributed by atoms with van der Waals surface area (Å²) in [7, 11) is 0. The average Bonchev–Trinajstić information content (AvgIpc) is 3.38. The Morgan fingerprint density at radius 3 is 2.16 bits per heavy atom. The fourth-order valence-corrected chi connectivity index (χ4v) is 8.41. The number of rotatable bonds is 9. The quantitative estimate of drug-likeness (QED) is 0.257. The maximum atomic E-state index is 16.1. The minimum atomic E-state index is -1.78. The van der Waals surface area contributed by atoms with Gasteiger partial charge in [0.25, 0.3) is 0 Å². The summed E-state index contributed by atoms with van der Waals surface area (Å²) in [6.45, 7) is 11.8. The number of esters is 1. The molecule has 278 valence electrons. The maximum absolute atomic E-state index is 16.1. The molecular formula is C38H56FN3O8. The van der Waals surface area contributed by atoms with Gasteiger partial charge in [-0.15, -0.1) is 0 Å². The first-order chi connectivity index (χ1) is 23.3. The molecule has 3 amide bonds. The summed E-state index contributed by atoms with van der Waals surface area (Å²) in [6, 6.07) is 3.99. The number of amides is 3. The van der Waals surface area contributed by atoms with Gasteiger partial charge in [-0.25, -0.2) is 14.0 Å². The predicted octanol–water partition coefficient (Wildman–Crippen LogP) is 6.18. The van der Waals surface area contributed by atoms with Gasteiger partial charge < -0.3 is 30.5 Å². The van der Waals surface area contributed by atoms with Crippen LogP contribution in [0.3, 0.4) is 0 Å². The topological polar surface area (TPSA) is 165 Å². The van der Waals surface area contributed by atoms with Crippen molar-refractivity contribution in [3.63, 3.8) is 0 Å². The van der Waals surface area contributed by atoms with Crippen LogP contribution in [0.25, 0.3) is 0 Å². The molecule has 11 nitrogen and oxygen atoms in total. The van der Waals surface area contributed by atoms with Crippen LogP contribution in [0, 0.1) is 34.9 Å². The molecule has 3 fully saturated rings. The second kappa shape index (κ2) is 15.3. The first-order valence-electron chi connectivity index (χ1n) is 18.1. The van der Waals surface area contributed by atoms with Gasteiger partial charge >= 0.3 is 18.0 Å². The van der Waals surface area contributed by atoms with Crippen LogP contribution in [0.2, 0.25) is 0 Å². The van der Waals surface area contributed by atoms with Crippen molar-refractivity contribution < 1.29 is 42.9 Å². The summed E-state index contributed by atoms with van der Waals surface area (Å²) in [5.74, 6) is -6.08. The summed E-state index contributed by atoms with van der Waals surface area (Å²) in [4.78, 5) is 67.8. The Balaban J connectivity index is 1.72. The van der Waals surface area contributed by atoms with E-state index in [1.165, 1.54) is 23.1 Å². The second-order valence-electron chi connectivity index (χ2n) is 16.7. The number of carbonyl (C=O) groups excluding carboxylic acids is 4. The highest BCUT2D eigenvalue weighted by molar-refractivity contribution is 5.93. The molecule has 3 aliphatic rings. The number of nitrogens with one attached hydrogen (secondary N) is 1. The minimum Gasteiger partial charge on any atom is -0.478 e. The van der Waals surface area contributed by atoms with E-state index in [0.717, 1.165) is 19.3 Å². The van der Waals surface area contributed by atoms with E-state index >= 15 is 4.39 Å². The normalized spacial score (nSPS) is 26.9. The zero-order chi connectivity index (χ0) is 37.2. The number of hydrogen-bond donors (Lipinski definition) is 3. The summed E-state index contributed by atoms with van der Waals surface area (Å²) in [6.07, 6.45) is 5.88. The van der Waals surface area contributed by atoms with Crippen molar-refractivity contribution in [2.24, 2.45) is 34.8 Å². The van der Waals surface area contributed by atoms with Crippen LogP contribution in [0.1, 0.15) is 128 Å². The highest BCUT2D eigenvalue weighted by Gasteiger charge is 2.63. The molecule has 2 aliphatic carbocycles. The molecule has 4 rings (SSSR count). The number of benzene rings is 1. The van der Waals surface area contributed by atoms with E-state index < -0.39 is 76.2 Å². The molecule has 4 atom stereocenters. The lowest BCUT2D eigenvalue weighted by Gasteiger charge is -2.45. The number of primary amides is 1. The summed E-state index contributed by atoms with van der Waals surface area (Å²) < 4.78 is 27.4.